The molecule has 0 aliphatic heterocycles. The second-order valence-electron chi connectivity index (χ2n) is 3.87. The topological polar surface area (TPSA) is 50.8 Å². The molecule has 2 rings (SSSR count). The van der Waals surface area contributed by atoms with Crippen LogP contribution in [0.1, 0.15) is 25.4 Å². The highest BCUT2D eigenvalue weighted by molar-refractivity contribution is 5.70. The molecule has 2 heterocycles. The summed E-state index contributed by atoms with van der Waals surface area (Å²) >= 11 is 0. The number of nitrogens with one attached hydrogen (secondary N) is 1. The van der Waals surface area contributed by atoms with E-state index in [0.717, 1.165) is 22.7 Å². The molecule has 0 fully saturated rings. The molecule has 0 aliphatic carbocycles. The highest BCUT2D eigenvalue weighted by Crippen LogP contribution is 2.10. The first kappa shape index (κ1) is 10.1. The molecular weight excluding hydrogens is 190 g/mol. The van der Waals surface area contributed by atoms with E-state index in [-0.39, 0.29) is 6.10 Å². The maximum Gasteiger partial charge on any atom is 0.178 e. The molecule has 0 saturated heterocycles. The Morgan fingerprint density at radius 2 is 2.13 bits per heavy atom. The van der Waals surface area contributed by atoms with Gasteiger partial charge in [0.2, 0.25) is 0 Å². The van der Waals surface area contributed by atoms with Gasteiger partial charge in [-0.05, 0) is 32.9 Å². The molecule has 4 nitrogen and oxygen atoms in total. The largest absolute Gasteiger partial charge is 0.371 e. The van der Waals surface area contributed by atoms with Crippen molar-refractivity contribution in [2.45, 2.75) is 33.5 Å². The van der Waals surface area contributed by atoms with Crippen LogP contribution in [0.2, 0.25) is 0 Å². The van der Waals surface area contributed by atoms with Crippen LogP contribution in [0.4, 0.5) is 0 Å². The maximum atomic E-state index is 5.47. The lowest BCUT2D eigenvalue weighted by Crippen LogP contribution is -2.03. The predicted molar refractivity (Wildman–Crippen MR) is 58.6 cm³/mol. The fourth-order valence-corrected chi connectivity index (χ4v) is 1.35. The number of hydrogen-bond acceptors (Lipinski definition) is 3. The normalized spacial score (nSPS) is 11.5. The zero-order chi connectivity index (χ0) is 10.8. The van der Waals surface area contributed by atoms with Crippen LogP contribution in [-0.4, -0.2) is 21.1 Å². The van der Waals surface area contributed by atoms with Crippen LogP contribution in [0, 0.1) is 6.92 Å². The molecule has 15 heavy (non-hydrogen) atoms. The minimum atomic E-state index is 0.216. The number of aryl methyl sites for hydroxylation is 1. The average Bonchev–Trinajstić information content (AvgIpc) is 2.56. The summed E-state index contributed by atoms with van der Waals surface area (Å²) in [7, 11) is 0. The zero-order valence-corrected chi connectivity index (χ0v) is 9.24. The van der Waals surface area contributed by atoms with E-state index < -0.39 is 0 Å². The molecule has 80 valence electrons. The van der Waals surface area contributed by atoms with E-state index in [1.807, 2.05) is 32.9 Å². The predicted octanol–water partition coefficient (Wildman–Crippen LogP) is 2.19. The monoisotopic (exact) mass is 205 g/mol. The third-order valence-electron chi connectivity index (χ3n) is 2.09. The quantitative estimate of drug-likeness (QED) is 0.835. The zero-order valence-electron chi connectivity index (χ0n) is 9.24. The van der Waals surface area contributed by atoms with E-state index in [2.05, 4.69) is 15.0 Å². The van der Waals surface area contributed by atoms with Crippen LogP contribution < -0.4 is 0 Å². The van der Waals surface area contributed by atoms with Crippen LogP contribution in [-0.2, 0) is 11.3 Å². The number of pyridine rings is 1. The van der Waals surface area contributed by atoms with Gasteiger partial charge in [0, 0.05) is 5.69 Å². The lowest BCUT2D eigenvalue weighted by atomic mass is 10.4. The van der Waals surface area contributed by atoms with Gasteiger partial charge in [-0.15, -0.1) is 0 Å². The second kappa shape index (κ2) is 3.98. The average molecular weight is 205 g/mol. The summed E-state index contributed by atoms with van der Waals surface area (Å²) in [5.41, 5.74) is 2.70. The Balaban J connectivity index is 2.23. The first-order chi connectivity index (χ1) is 7.15. The molecule has 0 spiro atoms. The van der Waals surface area contributed by atoms with Crippen molar-refractivity contribution in [3.63, 3.8) is 0 Å². The van der Waals surface area contributed by atoms with Crippen LogP contribution in [0.5, 0.6) is 0 Å². The van der Waals surface area contributed by atoms with Crippen molar-refractivity contribution in [1.29, 1.82) is 0 Å². The van der Waals surface area contributed by atoms with Crippen LogP contribution >= 0.6 is 0 Å². The summed E-state index contributed by atoms with van der Waals surface area (Å²) in [6, 6.07) is 3.96. The number of imidazole rings is 1. The van der Waals surface area contributed by atoms with Crippen molar-refractivity contribution in [3.05, 3.63) is 23.7 Å². The van der Waals surface area contributed by atoms with E-state index in [9.17, 15) is 0 Å². The Morgan fingerprint density at radius 3 is 2.87 bits per heavy atom. The molecule has 0 saturated carbocycles. The van der Waals surface area contributed by atoms with E-state index in [1.165, 1.54) is 0 Å². The number of hydrogen-bond donors (Lipinski definition) is 1. The Hall–Kier alpha value is -1.42. The fourth-order valence-electron chi connectivity index (χ4n) is 1.35. The molecule has 0 atom stereocenters. The first-order valence-electron chi connectivity index (χ1n) is 5.09. The van der Waals surface area contributed by atoms with Crippen molar-refractivity contribution in [3.8, 4) is 0 Å². The number of H-pyrrole nitrogens is 1. The second-order valence-corrected chi connectivity index (χ2v) is 3.87. The fraction of sp³-hybridized carbons (Fsp3) is 0.455. The molecule has 0 aliphatic rings. The van der Waals surface area contributed by atoms with Gasteiger partial charge >= 0.3 is 0 Å². The Kier molecular flexibility index (Phi) is 2.68. The number of aromatic amines is 1. The Bertz CT molecular complexity index is 462. The third kappa shape index (κ3) is 2.33. The van der Waals surface area contributed by atoms with Gasteiger partial charge in [0.05, 0.1) is 11.6 Å². The summed E-state index contributed by atoms with van der Waals surface area (Å²) < 4.78 is 5.47. The number of nitrogens with zero attached hydrogens (tertiary/aromatic N) is 2. The minimum Gasteiger partial charge on any atom is -0.371 e. The molecule has 0 amide bonds. The van der Waals surface area contributed by atoms with E-state index in [0.29, 0.717) is 6.61 Å². The number of ether oxygens (including phenoxy) is 1. The molecule has 0 aromatic carbocycles. The highest BCUT2D eigenvalue weighted by atomic mass is 16.5. The van der Waals surface area contributed by atoms with Gasteiger partial charge in [-0.3, -0.25) is 0 Å². The van der Waals surface area contributed by atoms with Crippen LogP contribution in [0.3, 0.4) is 0 Å². The third-order valence-corrected chi connectivity index (χ3v) is 2.09. The molecule has 0 bridgehead atoms. The minimum absolute atomic E-state index is 0.216. The van der Waals surface area contributed by atoms with Gasteiger partial charge in [0.15, 0.2) is 5.65 Å². The Labute approximate surface area is 88.7 Å². The number of aromatic nitrogens is 3. The van der Waals surface area contributed by atoms with Crippen LogP contribution in [0.25, 0.3) is 11.2 Å². The highest BCUT2D eigenvalue weighted by Gasteiger charge is 2.04. The van der Waals surface area contributed by atoms with E-state index >= 15 is 0 Å². The van der Waals surface area contributed by atoms with Crippen molar-refractivity contribution < 1.29 is 4.74 Å². The van der Waals surface area contributed by atoms with Gasteiger partial charge in [-0.1, -0.05) is 0 Å². The molecule has 2 aromatic rings. The van der Waals surface area contributed by atoms with Crippen molar-refractivity contribution in [2.24, 2.45) is 0 Å². The SMILES string of the molecule is Cc1ccc2[nH]c(COC(C)C)nc2n1. The summed E-state index contributed by atoms with van der Waals surface area (Å²) in [5, 5.41) is 0. The van der Waals surface area contributed by atoms with Gasteiger partial charge in [0.25, 0.3) is 0 Å². The maximum absolute atomic E-state index is 5.47. The van der Waals surface area contributed by atoms with Gasteiger partial charge < -0.3 is 9.72 Å². The molecule has 1 N–H and O–H groups in total. The lowest BCUT2D eigenvalue weighted by molar-refractivity contribution is 0.0618. The van der Waals surface area contributed by atoms with E-state index in [1.54, 1.807) is 0 Å². The standard InChI is InChI=1S/C11H15N3O/c1-7(2)15-6-10-13-9-5-4-8(3)12-11(9)14-10/h4-5,7H,6H2,1-3H3,(H,12,13,14). The van der Waals surface area contributed by atoms with Gasteiger partial charge in [-0.2, -0.15) is 0 Å². The molecule has 0 unspecified atom stereocenters. The summed E-state index contributed by atoms with van der Waals surface area (Å²) in [6.07, 6.45) is 0.216. The summed E-state index contributed by atoms with van der Waals surface area (Å²) in [4.78, 5) is 11.9. The molecule has 4 heteroatoms. The van der Waals surface area contributed by atoms with Gasteiger partial charge in [-0.25, -0.2) is 9.97 Å². The molecular formula is C11H15N3O. The smallest absolute Gasteiger partial charge is 0.178 e. The van der Waals surface area contributed by atoms with Crippen molar-refractivity contribution >= 4 is 11.2 Å². The van der Waals surface area contributed by atoms with Crippen LogP contribution in [0.15, 0.2) is 12.1 Å². The van der Waals surface area contributed by atoms with Gasteiger partial charge in [0.1, 0.15) is 12.4 Å². The molecule has 0 radical (unpaired) electrons. The van der Waals surface area contributed by atoms with E-state index in [4.69, 9.17) is 4.74 Å². The number of rotatable bonds is 3. The van der Waals surface area contributed by atoms with Crippen molar-refractivity contribution in [2.75, 3.05) is 0 Å². The summed E-state index contributed by atoms with van der Waals surface area (Å²) in [6.45, 7) is 6.47. The summed E-state index contributed by atoms with van der Waals surface area (Å²) in [5.74, 6) is 0.830. The lowest BCUT2D eigenvalue weighted by Gasteiger charge is -2.03. The molecule has 2 aromatic heterocycles. The first-order valence-corrected chi connectivity index (χ1v) is 5.09. The van der Waals surface area contributed by atoms with Crippen molar-refractivity contribution in [1.82, 2.24) is 15.0 Å². The Morgan fingerprint density at radius 1 is 1.33 bits per heavy atom. The number of fused-ring (bicyclic) bond motifs is 1.